The normalized spacial score (nSPS) is 14.1. The minimum atomic E-state index is -0.0917. The monoisotopic (exact) mass is 215 g/mol. The molecule has 0 spiro atoms. The molecule has 1 amide bonds. The van der Waals surface area contributed by atoms with E-state index in [2.05, 4.69) is 45.1 Å². The molecule has 0 radical (unpaired) electrons. The van der Waals surface area contributed by atoms with Crippen LogP contribution in [0.4, 0.5) is 0 Å². The first kappa shape index (κ1) is 14.4. The Hall–Kier alpha value is -0.610. The molecule has 0 aliphatic heterocycles. The average molecular weight is 215 g/mol. The zero-order valence-corrected chi connectivity index (χ0v) is 10.6. The molecule has 4 heteroatoms. The summed E-state index contributed by atoms with van der Waals surface area (Å²) >= 11 is 0. The fraction of sp³-hybridized carbons (Fsp3) is 0.909. The van der Waals surface area contributed by atoms with Crippen LogP contribution < -0.4 is 11.3 Å². The topological polar surface area (TPSA) is 58.4 Å². The molecule has 0 aliphatic rings. The summed E-state index contributed by atoms with van der Waals surface area (Å²) in [5, 5.41) is 0. The van der Waals surface area contributed by atoms with Crippen LogP contribution in [0.2, 0.25) is 0 Å². The van der Waals surface area contributed by atoms with Crippen LogP contribution >= 0.6 is 0 Å². The maximum Gasteiger partial charge on any atom is 0.233 e. The molecule has 90 valence electrons. The summed E-state index contributed by atoms with van der Waals surface area (Å²) < 4.78 is 0. The van der Waals surface area contributed by atoms with Gasteiger partial charge >= 0.3 is 0 Å². The molecular weight excluding hydrogens is 190 g/mol. The first-order chi connectivity index (χ1) is 6.76. The van der Waals surface area contributed by atoms with Crippen LogP contribution in [0.1, 0.15) is 40.5 Å². The molecule has 3 N–H and O–H groups in total. The molecule has 0 heterocycles. The van der Waals surface area contributed by atoms with Crippen molar-refractivity contribution < 1.29 is 4.79 Å². The van der Waals surface area contributed by atoms with Gasteiger partial charge in [-0.25, -0.2) is 5.84 Å². The molecule has 0 fully saturated rings. The van der Waals surface area contributed by atoms with Gasteiger partial charge in [0, 0.05) is 19.0 Å². The Morgan fingerprint density at radius 1 is 1.47 bits per heavy atom. The number of hydrazine groups is 1. The summed E-state index contributed by atoms with van der Waals surface area (Å²) in [6.45, 7) is 9.79. The van der Waals surface area contributed by atoms with Gasteiger partial charge in [0.25, 0.3) is 0 Å². The summed E-state index contributed by atoms with van der Waals surface area (Å²) in [6.07, 6.45) is 1.34. The van der Waals surface area contributed by atoms with Gasteiger partial charge in [-0.2, -0.15) is 0 Å². The zero-order chi connectivity index (χ0) is 12.1. The highest BCUT2D eigenvalue weighted by molar-refractivity contribution is 5.75. The fourth-order valence-corrected chi connectivity index (χ4v) is 1.54. The maximum atomic E-state index is 11.0. The molecule has 0 aliphatic carbocycles. The Kier molecular flexibility index (Phi) is 5.83. The summed E-state index contributed by atoms with van der Waals surface area (Å²) in [4.78, 5) is 13.3. The minimum absolute atomic E-state index is 0.0917. The molecule has 0 saturated carbocycles. The third-order valence-electron chi connectivity index (χ3n) is 2.43. The van der Waals surface area contributed by atoms with Crippen molar-refractivity contribution >= 4 is 5.91 Å². The Labute approximate surface area is 93.2 Å². The van der Waals surface area contributed by atoms with Gasteiger partial charge in [0.15, 0.2) is 0 Å². The molecule has 15 heavy (non-hydrogen) atoms. The second-order valence-electron chi connectivity index (χ2n) is 5.43. The third-order valence-corrected chi connectivity index (χ3v) is 2.43. The van der Waals surface area contributed by atoms with Gasteiger partial charge in [-0.15, -0.1) is 0 Å². The van der Waals surface area contributed by atoms with Gasteiger partial charge in [-0.3, -0.25) is 10.2 Å². The summed E-state index contributed by atoms with van der Waals surface area (Å²) in [5.74, 6) is 4.93. The number of carbonyl (C=O) groups is 1. The van der Waals surface area contributed by atoms with Crippen molar-refractivity contribution in [3.63, 3.8) is 0 Å². The fourth-order valence-electron chi connectivity index (χ4n) is 1.54. The van der Waals surface area contributed by atoms with Gasteiger partial charge in [-0.05, 0) is 25.8 Å². The second-order valence-corrected chi connectivity index (χ2v) is 5.43. The van der Waals surface area contributed by atoms with Crippen molar-refractivity contribution in [2.75, 3.05) is 13.6 Å². The summed E-state index contributed by atoms with van der Waals surface area (Å²) in [7, 11) is 2.09. The molecular formula is C11H25N3O. The maximum absolute atomic E-state index is 11.0. The van der Waals surface area contributed by atoms with Crippen LogP contribution in [-0.2, 0) is 4.79 Å². The van der Waals surface area contributed by atoms with E-state index in [4.69, 9.17) is 5.84 Å². The first-order valence-corrected chi connectivity index (χ1v) is 5.46. The Morgan fingerprint density at radius 3 is 2.40 bits per heavy atom. The van der Waals surface area contributed by atoms with Crippen molar-refractivity contribution in [2.45, 2.75) is 46.6 Å². The van der Waals surface area contributed by atoms with E-state index in [9.17, 15) is 4.79 Å². The predicted molar refractivity (Wildman–Crippen MR) is 63.1 cm³/mol. The second kappa shape index (κ2) is 6.08. The minimum Gasteiger partial charge on any atom is -0.303 e. The smallest absolute Gasteiger partial charge is 0.233 e. The molecule has 0 aromatic rings. The number of hydrogen-bond acceptors (Lipinski definition) is 3. The number of hydrogen-bond donors (Lipinski definition) is 2. The van der Waals surface area contributed by atoms with Crippen LogP contribution in [0, 0.1) is 5.41 Å². The molecule has 0 bridgehead atoms. The third kappa shape index (κ3) is 7.33. The van der Waals surface area contributed by atoms with E-state index >= 15 is 0 Å². The van der Waals surface area contributed by atoms with Crippen LogP contribution in [0.3, 0.4) is 0 Å². The lowest BCUT2D eigenvalue weighted by atomic mass is 9.95. The van der Waals surface area contributed by atoms with Crippen LogP contribution in [0.15, 0.2) is 0 Å². The van der Waals surface area contributed by atoms with E-state index in [1.165, 1.54) is 0 Å². The van der Waals surface area contributed by atoms with E-state index in [-0.39, 0.29) is 5.91 Å². The number of rotatable bonds is 5. The first-order valence-electron chi connectivity index (χ1n) is 5.46. The quantitative estimate of drug-likeness (QED) is 0.410. The van der Waals surface area contributed by atoms with Crippen LogP contribution in [0.5, 0.6) is 0 Å². The molecule has 1 unspecified atom stereocenters. The molecule has 0 aromatic carbocycles. The van der Waals surface area contributed by atoms with Crippen LogP contribution in [-0.4, -0.2) is 30.4 Å². The highest BCUT2D eigenvalue weighted by atomic mass is 16.2. The van der Waals surface area contributed by atoms with Crippen molar-refractivity contribution in [2.24, 2.45) is 11.3 Å². The predicted octanol–water partition coefficient (Wildman–Crippen LogP) is 1.12. The lowest BCUT2D eigenvalue weighted by Gasteiger charge is -2.31. The summed E-state index contributed by atoms with van der Waals surface area (Å²) in [5.41, 5.74) is 2.44. The lowest BCUT2D eigenvalue weighted by molar-refractivity contribution is -0.121. The Morgan fingerprint density at radius 2 is 2.00 bits per heavy atom. The van der Waals surface area contributed by atoms with Gasteiger partial charge in [0.05, 0.1) is 0 Å². The SMILES string of the molecule is CC(CCC(=O)NN)N(C)CC(C)(C)C. The van der Waals surface area contributed by atoms with Gasteiger partial charge < -0.3 is 4.90 Å². The number of nitrogens with two attached hydrogens (primary N) is 1. The summed E-state index contributed by atoms with van der Waals surface area (Å²) in [6, 6.07) is 0.404. The largest absolute Gasteiger partial charge is 0.303 e. The van der Waals surface area contributed by atoms with Gasteiger partial charge in [0.1, 0.15) is 0 Å². The van der Waals surface area contributed by atoms with Crippen molar-refractivity contribution in [1.29, 1.82) is 0 Å². The zero-order valence-electron chi connectivity index (χ0n) is 10.6. The molecule has 0 aromatic heterocycles. The van der Waals surface area contributed by atoms with E-state index in [1.54, 1.807) is 0 Å². The van der Waals surface area contributed by atoms with E-state index < -0.39 is 0 Å². The number of nitrogens with one attached hydrogen (secondary N) is 1. The Bertz CT molecular complexity index is 198. The molecule has 4 nitrogen and oxygen atoms in total. The highest BCUT2D eigenvalue weighted by Gasteiger charge is 2.17. The van der Waals surface area contributed by atoms with Crippen molar-refractivity contribution in [1.82, 2.24) is 10.3 Å². The number of amides is 1. The van der Waals surface area contributed by atoms with E-state index in [1.807, 2.05) is 0 Å². The molecule has 1 atom stereocenters. The van der Waals surface area contributed by atoms with E-state index in [0.717, 1.165) is 13.0 Å². The van der Waals surface area contributed by atoms with E-state index in [0.29, 0.717) is 17.9 Å². The standard InChI is InChI=1S/C11H25N3O/c1-9(6-7-10(15)13-12)14(5)8-11(2,3)4/h9H,6-8,12H2,1-5H3,(H,13,15). The lowest BCUT2D eigenvalue weighted by Crippen LogP contribution is -2.37. The molecule has 0 rings (SSSR count). The number of nitrogens with zero attached hydrogens (tertiary/aromatic N) is 1. The Balaban J connectivity index is 3.89. The number of carbonyl (C=O) groups excluding carboxylic acids is 1. The van der Waals surface area contributed by atoms with Gasteiger partial charge in [-0.1, -0.05) is 20.8 Å². The highest BCUT2D eigenvalue weighted by Crippen LogP contribution is 2.16. The van der Waals surface area contributed by atoms with Gasteiger partial charge in [0.2, 0.25) is 5.91 Å². The average Bonchev–Trinajstić information content (AvgIpc) is 2.10. The molecule has 0 saturated heterocycles. The van der Waals surface area contributed by atoms with Crippen molar-refractivity contribution in [3.05, 3.63) is 0 Å². The van der Waals surface area contributed by atoms with Crippen LogP contribution in [0.25, 0.3) is 0 Å². The van der Waals surface area contributed by atoms with Crippen molar-refractivity contribution in [3.8, 4) is 0 Å².